The molecule has 2 aromatic carbocycles. The number of unbranched alkanes of at least 4 members (excludes halogenated alkanes) is 1. The normalized spacial score (nSPS) is 15.2. The molecule has 0 aliphatic carbocycles. The van der Waals surface area contributed by atoms with Gasteiger partial charge in [0.25, 0.3) is 0 Å². The van der Waals surface area contributed by atoms with E-state index in [1.54, 1.807) is 0 Å². The van der Waals surface area contributed by atoms with Crippen LogP contribution >= 0.6 is 0 Å². The number of nitrogens with zero attached hydrogens (tertiary/aromatic N) is 3. The van der Waals surface area contributed by atoms with Crippen LogP contribution in [0.3, 0.4) is 0 Å². The molecule has 1 aliphatic rings. The van der Waals surface area contributed by atoms with Gasteiger partial charge in [-0.3, -0.25) is 0 Å². The zero-order valence-corrected chi connectivity index (χ0v) is 17.2. The molecule has 154 valence electrons. The minimum atomic E-state index is 0.459. The predicted octanol–water partition coefficient (Wildman–Crippen LogP) is 5.54. The largest absolute Gasteiger partial charge is 0.493 e. The fourth-order valence-corrected chi connectivity index (χ4v) is 3.92. The monoisotopic (exact) mass is 401 g/mol. The topological polar surface area (TPSA) is 62.3 Å². The molecule has 1 fully saturated rings. The molecule has 0 radical (unpaired) electrons. The summed E-state index contributed by atoms with van der Waals surface area (Å²) >= 11 is 0. The van der Waals surface area contributed by atoms with Crippen LogP contribution in [0.2, 0.25) is 0 Å². The molecule has 1 aromatic heterocycles. The maximum atomic E-state index is 9.73. The summed E-state index contributed by atoms with van der Waals surface area (Å²) in [6, 6.07) is 17.6. The highest BCUT2D eigenvalue weighted by atomic mass is 16.5. The summed E-state index contributed by atoms with van der Waals surface area (Å²) in [6.45, 7) is 4.31. The summed E-state index contributed by atoms with van der Waals surface area (Å²) in [4.78, 5) is 2.56. The zero-order chi connectivity index (χ0) is 20.6. The number of piperidine rings is 1. The van der Waals surface area contributed by atoms with Crippen molar-refractivity contribution in [3.63, 3.8) is 0 Å². The first-order chi connectivity index (χ1) is 14.8. The second-order valence-electron chi connectivity index (χ2n) is 7.69. The average Bonchev–Trinajstić information content (AvgIpc) is 3.23. The lowest BCUT2D eigenvalue weighted by atomic mass is 10.1. The van der Waals surface area contributed by atoms with E-state index in [2.05, 4.69) is 16.1 Å². The second-order valence-corrected chi connectivity index (χ2v) is 7.69. The number of ether oxygens (including phenoxy) is 1. The first kappa shape index (κ1) is 20.2. The van der Waals surface area contributed by atoms with Crippen molar-refractivity contribution in [3.05, 3.63) is 59.8 Å². The van der Waals surface area contributed by atoms with E-state index in [1.165, 1.54) is 32.4 Å². The van der Waals surface area contributed by atoms with Crippen molar-refractivity contribution in [2.45, 2.75) is 32.1 Å². The van der Waals surface area contributed by atoms with Gasteiger partial charge in [-0.05, 0) is 69.6 Å². The minimum Gasteiger partial charge on any atom is -0.493 e. The first-order valence-electron chi connectivity index (χ1n) is 10.8. The smallest absolute Gasteiger partial charge is 0.167 e. The quantitative estimate of drug-likeness (QED) is 0.366. The van der Waals surface area contributed by atoms with E-state index < -0.39 is 0 Å². The third-order valence-electron chi connectivity index (χ3n) is 5.55. The molecular formula is C25H27N3O2. The van der Waals surface area contributed by atoms with Crippen LogP contribution < -0.4 is 4.74 Å². The number of fused-ring (bicyclic) bond motifs is 1. The van der Waals surface area contributed by atoms with Crippen molar-refractivity contribution in [2.24, 2.45) is 0 Å². The predicted molar refractivity (Wildman–Crippen MR) is 119 cm³/mol. The van der Waals surface area contributed by atoms with Gasteiger partial charge in [0.05, 0.1) is 17.6 Å². The van der Waals surface area contributed by atoms with E-state index in [0.29, 0.717) is 23.5 Å². The Hall–Kier alpha value is -3.10. The van der Waals surface area contributed by atoms with Crippen LogP contribution in [0.5, 0.6) is 5.75 Å². The number of allylic oxidation sites excluding steroid dienone is 1. The van der Waals surface area contributed by atoms with E-state index >= 15 is 0 Å². The number of nitriles is 1. The molecule has 5 nitrogen and oxygen atoms in total. The minimum absolute atomic E-state index is 0.459. The fraction of sp³-hybridized carbons (Fsp3) is 0.360. The third-order valence-corrected chi connectivity index (χ3v) is 5.55. The molecule has 30 heavy (non-hydrogen) atoms. The molecule has 0 spiro atoms. The van der Waals surface area contributed by atoms with Gasteiger partial charge < -0.3 is 14.2 Å². The van der Waals surface area contributed by atoms with Crippen LogP contribution in [-0.4, -0.2) is 36.3 Å². The van der Waals surface area contributed by atoms with Gasteiger partial charge in [-0.2, -0.15) is 5.26 Å². The van der Waals surface area contributed by atoms with E-state index in [-0.39, 0.29) is 0 Å². The summed E-state index contributed by atoms with van der Waals surface area (Å²) in [6.07, 6.45) is 8.03. The molecule has 3 aromatic rings. The summed E-state index contributed by atoms with van der Waals surface area (Å²) in [5, 5.41) is 14.7. The molecule has 0 unspecified atom stereocenters. The molecule has 0 saturated carbocycles. The average molecular weight is 402 g/mol. The van der Waals surface area contributed by atoms with Gasteiger partial charge in [0.15, 0.2) is 5.58 Å². The highest BCUT2D eigenvalue weighted by Crippen LogP contribution is 2.28. The molecule has 0 bridgehead atoms. The van der Waals surface area contributed by atoms with Crippen molar-refractivity contribution < 1.29 is 9.26 Å². The second kappa shape index (κ2) is 10.1. The highest BCUT2D eigenvalue weighted by molar-refractivity contribution is 5.99. The van der Waals surface area contributed by atoms with Crippen molar-refractivity contribution in [2.75, 3.05) is 26.2 Å². The van der Waals surface area contributed by atoms with Gasteiger partial charge >= 0.3 is 0 Å². The van der Waals surface area contributed by atoms with Crippen LogP contribution in [0.1, 0.15) is 43.4 Å². The van der Waals surface area contributed by atoms with Gasteiger partial charge in [-0.15, -0.1) is 0 Å². The maximum absolute atomic E-state index is 9.73. The van der Waals surface area contributed by atoms with Crippen LogP contribution in [0.15, 0.2) is 53.1 Å². The summed E-state index contributed by atoms with van der Waals surface area (Å²) < 4.78 is 11.4. The zero-order valence-electron chi connectivity index (χ0n) is 17.2. The number of likely N-dealkylation sites (tertiary alicyclic amines) is 1. The Kier molecular flexibility index (Phi) is 6.79. The Morgan fingerprint density at radius 3 is 2.73 bits per heavy atom. The molecule has 1 aliphatic heterocycles. The van der Waals surface area contributed by atoms with Crippen molar-refractivity contribution in [3.8, 4) is 11.8 Å². The molecule has 0 amide bonds. The third kappa shape index (κ3) is 4.90. The number of rotatable bonds is 8. The van der Waals surface area contributed by atoms with Crippen LogP contribution in [0.25, 0.3) is 22.6 Å². The Morgan fingerprint density at radius 1 is 1.07 bits per heavy atom. The van der Waals surface area contributed by atoms with E-state index in [0.717, 1.165) is 36.1 Å². The van der Waals surface area contributed by atoms with Crippen LogP contribution in [0, 0.1) is 11.3 Å². The summed E-state index contributed by atoms with van der Waals surface area (Å²) in [5.41, 5.74) is 2.56. The van der Waals surface area contributed by atoms with Gasteiger partial charge in [0, 0.05) is 5.56 Å². The Bertz CT molecular complexity index is 1040. The Balaban J connectivity index is 1.41. The fourth-order valence-electron chi connectivity index (χ4n) is 3.92. The SMILES string of the molecule is N#C/C(=C\c1ccccc1OCCCCN1CCCCC1)c1noc2ccccc12. The number of hydrogen-bond acceptors (Lipinski definition) is 5. The van der Waals surface area contributed by atoms with E-state index in [9.17, 15) is 5.26 Å². The molecule has 5 heteroatoms. The Labute approximate surface area is 177 Å². The number of benzene rings is 2. The number of aromatic nitrogens is 1. The van der Waals surface area contributed by atoms with Gasteiger partial charge in [-0.25, -0.2) is 0 Å². The molecule has 0 atom stereocenters. The van der Waals surface area contributed by atoms with Gasteiger partial charge in [0.1, 0.15) is 17.5 Å². The van der Waals surface area contributed by atoms with Crippen molar-refractivity contribution >= 4 is 22.6 Å². The van der Waals surface area contributed by atoms with Gasteiger partial charge in [0.2, 0.25) is 0 Å². The van der Waals surface area contributed by atoms with Gasteiger partial charge in [-0.1, -0.05) is 41.9 Å². The molecule has 1 saturated heterocycles. The summed E-state index contributed by atoms with van der Waals surface area (Å²) in [7, 11) is 0. The first-order valence-corrected chi connectivity index (χ1v) is 10.8. The molecule has 0 N–H and O–H groups in total. The highest BCUT2D eigenvalue weighted by Gasteiger charge is 2.13. The number of para-hydroxylation sites is 2. The van der Waals surface area contributed by atoms with Crippen molar-refractivity contribution in [1.82, 2.24) is 10.1 Å². The molecule has 2 heterocycles. The summed E-state index contributed by atoms with van der Waals surface area (Å²) in [5.74, 6) is 0.788. The molecular weight excluding hydrogens is 374 g/mol. The molecule has 4 rings (SSSR count). The van der Waals surface area contributed by atoms with Crippen molar-refractivity contribution in [1.29, 1.82) is 5.26 Å². The maximum Gasteiger partial charge on any atom is 0.167 e. The lowest BCUT2D eigenvalue weighted by Crippen LogP contribution is -2.30. The van der Waals surface area contributed by atoms with Crippen LogP contribution in [0.4, 0.5) is 0 Å². The van der Waals surface area contributed by atoms with E-state index in [4.69, 9.17) is 9.26 Å². The van der Waals surface area contributed by atoms with E-state index in [1.807, 2.05) is 54.6 Å². The Morgan fingerprint density at radius 2 is 1.87 bits per heavy atom. The lowest BCUT2D eigenvalue weighted by molar-refractivity contribution is 0.216. The van der Waals surface area contributed by atoms with Crippen LogP contribution in [-0.2, 0) is 0 Å². The standard InChI is InChI=1S/C25H27N3O2/c26-19-21(25-22-11-3-5-13-24(22)30-27-25)18-20-10-2-4-12-23(20)29-17-9-8-16-28-14-6-1-7-15-28/h2-5,10-13,18H,1,6-9,14-17H2/b21-18+. The lowest BCUT2D eigenvalue weighted by Gasteiger charge is -2.26. The number of hydrogen-bond donors (Lipinski definition) is 0.